The number of nitrogens with two attached hydrogens (primary N) is 1. The third-order valence-electron chi connectivity index (χ3n) is 2.76. The van der Waals surface area contributed by atoms with Crippen molar-refractivity contribution in [3.8, 4) is 11.5 Å². The average Bonchev–Trinajstić information content (AvgIpc) is 2.44. The Bertz CT molecular complexity index is 450. The van der Waals surface area contributed by atoms with Crippen LogP contribution in [-0.2, 0) is 16.1 Å². The van der Waals surface area contributed by atoms with Gasteiger partial charge in [0, 0.05) is 13.7 Å². The first-order valence-corrected chi connectivity index (χ1v) is 6.11. The lowest BCUT2D eigenvalue weighted by molar-refractivity contribution is -0.123. The number of rotatable bonds is 5. The Labute approximate surface area is 111 Å². The second-order valence-electron chi connectivity index (χ2n) is 4.26. The number of carbonyl (C=O) groups excluding carboxylic acids is 1. The fraction of sp³-hybridized carbons (Fsp3) is 0.462. The summed E-state index contributed by atoms with van der Waals surface area (Å²) in [4.78, 5) is 11.6. The minimum Gasteiger partial charge on any atom is -0.486 e. The zero-order valence-electron chi connectivity index (χ0n) is 10.8. The molecule has 1 aliphatic rings. The lowest BCUT2D eigenvalue weighted by Gasteiger charge is -2.19. The first-order chi connectivity index (χ1) is 9.20. The maximum atomic E-state index is 11.6. The monoisotopic (exact) mass is 266 g/mol. The highest BCUT2D eigenvalue weighted by Gasteiger charge is 2.14. The Hall–Kier alpha value is -1.79. The molecule has 19 heavy (non-hydrogen) atoms. The third-order valence-corrected chi connectivity index (χ3v) is 2.76. The van der Waals surface area contributed by atoms with E-state index in [-0.39, 0.29) is 12.5 Å². The van der Waals surface area contributed by atoms with Gasteiger partial charge >= 0.3 is 0 Å². The Morgan fingerprint density at radius 1 is 1.42 bits per heavy atom. The molecule has 1 aliphatic heterocycles. The van der Waals surface area contributed by atoms with Gasteiger partial charge < -0.3 is 25.3 Å². The van der Waals surface area contributed by atoms with E-state index in [9.17, 15) is 4.79 Å². The Morgan fingerprint density at radius 2 is 2.16 bits per heavy atom. The second-order valence-corrected chi connectivity index (χ2v) is 4.26. The Balaban J connectivity index is 1.91. The van der Waals surface area contributed by atoms with Gasteiger partial charge in [-0.15, -0.1) is 0 Å². The molecule has 0 saturated carbocycles. The molecule has 2 rings (SSSR count). The van der Waals surface area contributed by atoms with E-state index in [1.54, 1.807) is 0 Å². The number of hydrogen-bond donors (Lipinski definition) is 2. The van der Waals surface area contributed by atoms with Gasteiger partial charge in [0.25, 0.3) is 0 Å². The molecule has 1 heterocycles. The number of benzene rings is 1. The van der Waals surface area contributed by atoms with Crippen LogP contribution in [0.5, 0.6) is 11.5 Å². The van der Waals surface area contributed by atoms with E-state index in [1.165, 1.54) is 7.11 Å². The maximum Gasteiger partial charge on any atom is 0.239 e. The molecular weight excluding hydrogens is 248 g/mol. The smallest absolute Gasteiger partial charge is 0.239 e. The number of amides is 1. The van der Waals surface area contributed by atoms with Gasteiger partial charge in [-0.1, -0.05) is 6.07 Å². The summed E-state index contributed by atoms with van der Waals surface area (Å²) in [5.74, 6) is 1.20. The fourth-order valence-corrected chi connectivity index (χ4v) is 1.77. The van der Waals surface area contributed by atoms with Gasteiger partial charge in [-0.05, 0) is 17.7 Å². The van der Waals surface area contributed by atoms with E-state index >= 15 is 0 Å². The molecule has 1 aromatic rings. The van der Waals surface area contributed by atoms with E-state index in [0.717, 1.165) is 11.3 Å². The molecule has 0 aliphatic carbocycles. The first kappa shape index (κ1) is 13.6. The minimum absolute atomic E-state index is 0.201. The summed E-state index contributed by atoms with van der Waals surface area (Å²) < 4.78 is 15.7. The van der Waals surface area contributed by atoms with Crippen molar-refractivity contribution in [2.45, 2.75) is 12.6 Å². The molecule has 1 amide bonds. The quantitative estimate of drug-likeness (QED) is 0.786. The number of methoxy groups -OCH3 is 1. The van der Waals surface area contributed by atoms with Crippen molar-refractivity contribution in [1.29, 1.82) is 0 Å². The van der Waals surface area contributed by atoms with Gasteiger partial charge in [0.05, 0.1) is 6.61 Å². The standard InChI is InChI=1S/C13H18N2O4/c1-17-8-10(14)13(16)15-7-9-2-3-11-12(6-9)19-5-4-18-11/h2-3,6,10H,4-5,7-8,14H2,1H3,(H,15,16). The van der Waals surface area contributed by atoms with E-state index in [2.05, 4.69) is 5.32 Å². The van der Waals surface area contributed by atoms with Crippen molar-refractivity contribution in [2.24, 2.45) is 5.73 Å². The summed E-state index contributed by atoms with van der Waals surface area (Å²) in [7, 11) is 1.51. The number of fused-ring (bicyclic) bond motifs is 1. The topological polar surface area (TPSA) is 82.8 Å². The summed E-state index contributed by atoms with van der Waals surface area (Å²) in [6, 6.07) is 4.93. The molecule has 0 aromatic heterocycles. The lowest BCUT2D eigenvalue weighted by atomic mass is 10.2. The predicted molar refractivity (Wildman–Crippen MR) is 69.1 cm³/mol. The van der Waals surface area contributed by atoms with Gasteiger partial charge in [0.2, 0.25) is 5.91 Å². The lowest BCUT2D eigenvalue weighted by Crippen LogP contribution is -2.43. The van der Waals surface area contributed by atoms with Gasteiger partial charge in [-0.25, -0.2) is 0 Å². The van der Waals surface area contributed by atoms with Crippen molar-refractivity contribution in [3.63, 3.8) is 0 Å². The predicted octanol–water partition coefficient (Wildman–Crippen LogP) is 0.0477. The van der Waals surface area contributed by atoms with Crippen LogP contribution in [0.4, 0.5) is 0 Å². The van der Waals surface area contributed by atoms with Gasteiger partial charge in [0.15, 0.2) is 11.5 Å². The third kappa shape index (κ3) is 3.59. The average molecular weight is 266 g/mol. The van der Waals surface area contributed by atoms with Crippen LogP contribution in [0.3, 0.4) is 0 Å². The van der Waals surface area contributed by atoms with Gasteiger partial charge in [-0.2, -0.15) is 0 Å². The van der Waals surface area contributed by atoms with E-state index in [1.807, 2.05) is 18.2 Å². The van der Waals surface area contributed by atoms with Crippen LogP contribution in [0.1, 0.15) is 5.56 Å². The normalized spacial score (nSPS) is 14.8. The molecule has 6 nitrogen and oxygen atoms in total. The highest BCUT2D eigenvalue weighted by molar-refractivity contribution is 5.81. The van der Waals surface area contributed by atoms with E-state index < -0.39 is 6.04 Å². The number of ether oxygens (including phenoxy) is 3. The van der Waals surface area contributed by atoms with Crippen LogP contribution in [-0.4, -0.2) is 38.9 Å². The zero-order chi connectivity index (χ0) is 13.7. The van der Waals surface area contributed by atoms with Crippen LogP contribution in [0.25, 0.3) is 0 Å². The molecule has 6 heteroatoms. The Kier molecular flexibility index (Phi) is 4.59. The molecule has 104 valence electrons. The summed E-state index contributed by atoms with van der Waals surface area (Å²) in [5, 5.41) is 2.75. The van der Waals surface area contributed by atoms with E-state index in [4.69, 9.17) is 19.9 Å². The zero-order valence-corrected chi connectivity index (χ0v) is 10.8. The minimum atomic E-state index is -0.651. The fourth-order valence-electron chi connectivity index (χ4n) is 1.77. The van der Waals surface area contributed by atoms with E-state index in [0.29, 0.717) is 25.5 Å². The SMILES string of the molecule is COCC(N)C(=O)NCc1ccc2c(c1)OCCO2. The summed E-state index contributed by atoms with van der Waals surface area (Å²) in [6.45, 7) is 1.70. The Morgan fingerprint density at radius 3 is 2.89 bits per heavy atom. The van der Waals surface area contributed by atoms with Gasteiger partial charge in [-0.3, -0.25) is 4.79 Å². The van der Waals surface area contributed by atoms with Crippen molar-refractivity contribution in [2.75, 3.05) is 26.9 Å². The molecule has 0 fully saturated rings. The highest BCUT2D eigenvalue weighted by atomic mass is 16.6. The summed E-state index contributed by atoms with van der Waals surface area (Å²) in [6.07, 6.45) is 0. The van der Waals surface area contributed by atoms with Crippen LogP contribution >= 0.6 is 0 Å². The maximum absolute atomic E-state index is 11.6. The molecule has 3 N–H and O–H groups in total. The first-order valence-electron chi connectivity index (χ1n) is 6.11. The van der Waals surface area contributed by atoms with Crippen LogP contribution < -0.4 is 20.5 Å². The molecule has 0 radical (unpaired) electrons. The van der Waals surface area contributed by atoms with Crippen molar-refractivity contribution in [3.05, 3.63) is 23.8 Å². The molecule has 1 unspecified atom stereocenters. The molecule has 0 spiro atoms. The van der Waals surface area contributed by atoms with Gasteiger partial charge in [0.1, 0.15) is 19.3 Å². The molecule has 0 saturated heterocycles. The van der Waals surface area contributed by atoms with Crippen LogP contribution in [0, 0.1) is 0 Å². The molecule has 1 aromatic carbocycles. The van der Waals surface area contributed by atoms with Crippen molar-refractivity contribution < 1.29 is 19.0 Å². The number of hydrogen-bond acceptors (Lipinski definition) is 5. The molecule has 1 atom stereocenters. The highest BCUT2D eigenvalue weighted by Crippen LogP contribution is 2.30. The number of carbonyl (C=O) groups is 1. The second kappa shape index (κ2) is 6.40. The summed E-state index contributed by atoms with van der Waals surface area (Å²) in [5.41, 5.74) is 6.55. The van der Waals surface area contributed by atoms with Crippen LogP contribution in [0.2, 0.25) is 0 Å². The van der Waals surface area contributed by atoms with Crippen molar-refractivity contribution in [1.82, 2.24) is 5.32 Å². The van der Waals surface area contributed by atoms with Crippen LogP contribution in [0.15, 0.2) is 18.2 Å². The summed E-state index contributed by atoms with van der Waals surface area (Å²) >= 11 is 0. The number of nitrogens with one attached hydrogen (secondary N) is 1. The van der Waals surface area contributed by atoms with Crippen molar-refractivity contribution >= 4 is 5.91 Å². The molecular formula is C13H18N2O4. The largest absolute Gasteiger partial charge is 0.486 e. The molecule has 0 bridgehead atoms.